The van der Waals surface area contributed by atoms with Crippen molar-refractivity contribution in [2.75, 3.05) is 19.6 Å². The lowest BCUT2D eigenvalue weighted by molar-refractivity contribution is -0.192. The number of likely N-dealkylation sites (tertiary alicyclic amines) is 2. The second kappa shape index (κ2) is 11.1. The largest absolute Gasteiger partial charge is 0.490 e. The number of carbonyl (C=O) groups excluding carboxylic acids is 2. The van der Waals surface area contributed by atoms with Crippen LogP contribution in [0.25, 0.3) is 0 Å². The molecule has 1 aromatic rings. The Kier molecular flexibility index (Phi) is 8.80. The first-order valence-electron chi connectivity index (χ1n) is 10.5. The van der Waals surface area contributed by atoms with Crippen LogP contribution in [-0.2, 0) is 20.9 Å². The monoisotopic (exact) mass is 455 g/mol. The predicted octanol–water partition coefficient (Wildman–Crippen LogP) is 3.41. The van der Waals surface area contributed by atoms with Gasteiger partial charge in [0.1, 0.15) is 0 Å². The summed E-state index contributed by atoms with van der Waals surface area (Å²) in [5.41, 5.74) is 0.857. The maximum absolute atomic E-state index is 13.1. The van der Waals surface area contributed by atoms with Crippen molar-refractivity contribution in [1.82, 2.24) is 14.8 Å². The minimum atomic E-state index is -5.08. The van der Waals surface area contributed by atoms with Gasteiger partial charge in [0, 0.05) is 45.0 Å². The highest BCUT2D eigenvalue weighted by atomic mass is 19.4. The number of carbonyl (C=O) groups is 3. The normalized spacial score (nSPS) is 21.0. The van der Waals surface area contributed by atoms with E-state index in [1.54, 1.807) is 18.5 Å². The van der Waals surface area contributed by atoms with Crippen LogP contribution in [0.1, 0.15) is 44.1 Å². The molecule has 32 heavy (non-hydrogen) atoms. The minimum absolute atomic E-state index is 0.191. The van der Waals surface area contributed by atoms with E-state index in [0.29, 0.717) is 19.5 Å². The van der Waals surface area contributed by atoms with Crippen molar-refractivity contribution in [3.63, 3.8) is 0 Å². The molecule has 0 bridgehead atoms. The van der Waals surface area contributed by atoms with Crippen molar-refractivity contribution in [2.45, 2.75) is 51.2 Å². The van der Waals surface area contributed by atoms with Crippen LogP contribution in [0.2, 0.25) is 0 Å². The molecule has 3 rings (SSSR count). The number of nitrogens with zero attached hydrogens (tertiary/aromatic N) is 3. The summed E-state index contributed by atoms with van der Waals surface area (Å²) < 4.78 is 31.7. The molecule has 2 aliphatic rings. The van der Waals surface area contributed by atoms with Gasteiger partial charge < -0.3 is 14.9 Å². The molecular weight excluding hydrogens is 427 g/mol. The number of rotatable bonds is 5. The topological polar surface area (TPSA) is 90.8 Å². The Morgan fingerprint density at radius 2 is 1.78 bits per heavy atom. The van der Waals surface area contributed by atoms with Crippen molar-refractivity contribution < 1.29 is 32.7 Å². The highest BCUT2D eigenvalue weighted by molar-refractivity contribution is 5.85. The van der Waals surface area contributed by atoms with Gasteiger partial charge in [-0.25, -0.2) is 4.79 Å². The van der Waals surface area contributed by atoms with Gasteiger partial charge in [0.15, 0.2) is 0 Å². The van der Waals surface area contributed by atoms with Crippen LogP contribution in [0.4, 0.5) is 13.2 Å². The van der Waals surface area contributed by atoms with Gasteiger partial charge in [-0.15, -0.1) is 6.58 Å². The Morgan fingerprint density at radius 3 is 2.38 bits per heavy atom. The van der Waals surface area contributed by atoms with Crippen LogP contribution in [-0.4, -0.2) is 63.5 Å². The Labute approximate surface area is 184 Å². The third-order valence-corrected chi connectivity index (χ3v) is 5.83. The van der Waals surface area contributed by atoms with Crippen LogP contribution < -0.4 is 0 Å². The molecule has 1 atom stereocenters. The number of carboxylic acid groups (broad SMARTS) is 1. The van der Waals surface area contributed by atoms with Crippen LogP contribution in [0.3, 0.4) is 0 Å². The van der Waals surface area contributed by atoms with Gasteiger partial charge in [-0.1, -0.05) is 6.08 Å². The van der Waals surface area contributed by atoms with E-state index < -0.39 is 12.1 Å². The molecule has 2 amide bonds. The van der Waals surface area contributed by atoms with Gasteiger partial charge in [0.25, 0.3) is 0 Å². The van der Waals surface area contributed by atoms with Crippen LogP contribution >= 0.6 is 0 Å². The lowest BCUT2D eigenvalue weighted by atomic mass is 9.79. The molecule has 0 aliphatic carbocycles. The van der Waals surface area contributed by atoms with Crippen molar-refractivity contribution in [3.8, 4) is 0 Å². The molecule has 2 fully saturated rings. The van der Waals surface area contributed by atoms with E-state index in [2.05, 4.69) is 11.6 Å². The highest BCUT2D eigenvalue weighted by Gasteiger charge is 2.47. The number of hydrogen-bond acceptors (Lipinski definition) is 4. The molecule has 3 heterocycles. The lowest BCUT2D eigenvalue weighted by Crippen LogP contribution is -2.36. The molecule has 1 aromatic heterocycles. The zero-order chi connectivity index (χ0) is 23.8. The fourth-order valence-corrected chi connectivity index (χ4v) is 4.04. The Hall–Kier alpha value is -2.91. The van der Waals surface area contributed by atoms with E-state index in [0.717, 1.165) is 50.8 Å². The van der Waals surface area contributed by atoms with Crippen molar-refractivity contribution >= 4 is 17.8 Å². The molecule has 1 N–H and O–H groups in total. The first-order chi connectivity index (χ1) is 15.1. The molecule has 0 radical (unpaired) electrons. The molecule has 1 spiro atoms. The van der Waals surface area contributed by atoms with Gasteiger partial charge >= 0.3 is 12.1 Å². The Morgan fingerprint density at radius 1 is 1.16 bits per heavy atom. The third kappa shape index (κ3) is 6.80. The SMILES string of the molecule is C=CCCC(=O)N1CCCC2(CC1)CCN(Cc1ccncc1)C2=O.O=C(O)C(F)(F)F. The van der Waals surface area contributed by atoms with E-state index in [1.165, 1.54) is 0 Å². The zero-order valence-corrected chi connectivity index (χ0v) is 17.8. The summed E-state index contributed by atoms with van der Waals surface area (Å²) in [7, 11) is 0. The first kappa shape index (κ1) is 25.4. The summed E-state index contributed by atoms with van der Waals surface area (Å²) in [6.45, 7) is 6.62. The minimum Gasteiger partial charge on any atom is -0.475 e. The van der Waals surface area contributed by atoms with Gasteiger partial charge in [0.05, 0.1) is 5.41 Å². The van der Waals surface area contributed by atoms with E-state index in [4.69, 9.17) is 9.90 Å². The number of aromatic nitrogens is 1. The second-order valence-corrected chi connectivity index (χ2v) is 7.98. The van der Waals surface area contributed by atoms with Crippen molar-refractivity contribution in [2.24, 2.45) is 5.41 Å². The zero-order valence-electron chi connectivity index (χ0n) is 17.8. The van der Waals surface area contributed by atoms with Gasteiger partial charge in [-0.3, -0.25) is 14.6 Å². The number of carboxylic acids is 1. The van der Waals surface area contributed by atoms with Crippen LogP contribution in [0.5, 0.6) is 0 Å². The molecule has 1 unspecified atom stereocenters. The number of alkyl halides is 3. The lowest BCUT2D eigenvalue weighted by Gasteiger charge is -2.27. The summed E-state index contributed by atoms with van der Waals surface area (Å²) in [6.07, 6.45) is 4.99. The molecule has 10 heteroatoms. The second-order valence-electron chi connectivity index (χ2n) is 7.98. The Balaban J connectivity index is 0.000000451. The number of halogens is 3. The van der Waals surface area contributed by atoms with Gasteiger partial charge in [-0.2, -0.15) is 13.2 Å². The summed E-state index contributed by atoms with van der Waals surface area (Å²) in [6, 6.07) is 3.93. The van der Waals surface area contributed by atoms with E-state index in [-0.39, 0.29) is 17.2 Å². The summed E-state index contributed by atoms with van der Waals surface area (Å²) in [5, 5.41) is 7.12. The van der Waals surface area contributed by atoms with Crippen LogP contribution in [0.15, 0.2) is 37.2 Å². The third-order valence-electron chi connectivity index (χ3n) is 5.83. The molecule has 0 aromatic carbocycles. The summed E-state index contributed by atoms with van der Waals surface area (Å²) in [4.78, 5) is 42.2. The highest BCUT2D eigenvalue weighted by Crippen LogP contribution is 2.42. The first-order valence-corrected chi connectivity index (χ1v) is 10.5. The number of amides is 2. The molecular formula is C22H28F3N3O4. The quantitative estimate of drug-likeness (QED) is 0.687. The van der Waals surface area contributed by atoms with E-state index in [9.17, 15) is 22.8 Å². The average Bonchev–Trinajstić information content (AvgIpc) is 2.92. The molecule has 0 saturated carbocycles. The van der Waals surface area contributed by atoms with Crippen molar-refractivity contribution in [3.05, 3.63) is 42.7 Å². The predicted molar refractivity (Wildman–Crippen MR) is 110 cm³/mol. The number of aliphatic carboxylic acids is 1. The number of hydrogen-bond donors (Lipinski definition) is 1. The molecule has 7 nitrogen and oxygen atoms in total. The molecule has 176 valence electrons. The fourth-order valence-electron chi connectivity index (χ4n) is 4.04. The summed E-state index contributed by atoms with van der Waals surface area (Å²) >= 11 is 0. The maximum atomic E-state index is 13.1. The molecule has 2 saturated heterocycles. The summed E-state index contributed by atoms with van der Waals surface area (Å²) in [5.74, 6) is -2.30. The number of allylic oxidation sites excluding steroid dienone is 1. The van der Waals surface area contributed by atoms with Gasteiger partial charge in [0.2, 0.25) is 11.8 Å². The maximum Gasteiger partial charge on any atom is 0.490 e. The van der Waals surface area contributed by atoms with Gasteiger partial charge in [-0.05, 0) is 49.8 Å². The average molecular weight is 455 g/mol. The van der Waals surface area contributed by atoms with E-state index in [1.807, 2.05) is 21.9 Å². The molecule has 2 aliphatic heterocycles. The Bertz CT molecular complexity index is 816. The smallest absolute Gasteiger partial charge is 0.475 e. The van der Waals surface area contributed by atoms with E-state index >= 15 is 0 Å². The fraction of sp³-hybridized carbons (Fsp3) is 0.545. The van der Waals surface area contributed by atoms with Crippen LogP contribution in [0, 0.1) is 5.41 Å². The standard InChI is InChI=1S/C20H27N3O2.C2HF3O2/c1-2-3-5-18(24)22-13-4-8-20(9-14-22)10-15-23(19(20)25)16-17-6-11-21-12-7-17;3-2(4,5)1(6)7/h2,6-7,11-12H,1,3-5,8-10,13-16H2;(H,6,7). The van der Waals surface area contributed by atoms with Crippen molar-refractivity contribution in [1.29, 1.82) is 0 Å². The number of pyridine rings is 1.